The minimum atomic E-state index is 0.130. The standard InChI is InChI=1S/C12H23N3OS/c1-5-6-11(16-4)10(15-13)7-12-14-8(2)9(3)17-12/h10-11,15H,5-7,13H2,1-4H3. The van der Waals surface area contributed by atoms with E-state index in [2.05, 4.69) is 24.3 Å². The SMILES string of the molecule is CCCC(OC)C(Cc1nc(C)c(C)s1)NN. The second kappa shape index (κ2) is 7.06. The lowest BCUT2D eigenvalue weighted by Crippen LogP contribution is -2.46. The number of methoxy groups -OCH3 is 1. The molecule has 3 N–H and O–H groups in total. The van der Waals surface area contributed by atoms with Gasteiger partial charge in [0.05, 0.1) is 22.8 Å². The van der Waals surface area contributed by atoms with Gasteiger partial charge in [0.2, 0.25) is 0 Å². The van der Waals surface area contributed by atoms with Crippen LogP contribution in [-0.2, 0) is 11.2 Å². The summed E-state index contributed by atoms with van der Waals surface area (Å²) in [7, 11) is 1.74. The Morgan fingerprint density at radius 3 is 2.59 bits per heavy atom. The molecule has 0 aliphatic rings. The van der Waals surface area contributed by atoms with Crippen molar-refractivity contribution < 1.29 is 4.74 Å². The zero-order valence-electron chi connectivity index (χ0n) is 11.1. The fourth-order valence-electron chi connectivity index (χ4n) is 1.88. The molecule has 0 radical (unpaired) electrons. The third kappa shape index (κ3) is 4.03. The smallest absolute Gasteiger partial charge is 0.0947 e. The van der Waals surface area contributed by atoms with Crippen molar-refractivity contribution in [3.05, 3.63) is 15.6 Å². The van der Waals surface area contributed by atoms with Crippen molar-refractivity contribution in [2.75, 3.05) is 7.11 Å². The Morgan fingerprint density at radius 2 is 2.18 bits per heavy atom. The molecule has 0 amide bonds. The van der Waals surface area contributed by atoms with Gasteiger partial charge in [0, 0.05) is 18.4 Å². The number of ether oxygens (including phenoxy) is 1. The first-order valence-corrected chi connectivity index (χ1v) is 6.85. The lowest BCUT2D eigenvalue weighted by molar-refractivity contribution is 0.0609. The Labute approximate surface area is 108 Å². The molecule has 5 heteroatoms. The molecule has 2 atom stereocenters. The molecule has 0 aliphatic heterocycles. The Morgan fingerprint density at radius 1 is 1.47 bits per heavy atom. The van der Waals surface area contributed by atoms with Gasteiger partial charge in [-0.3, -0.25) is 11.3 Å². The van der Waals surface area contributed by atoms with Crippen LogP contribution in [0.3, 0.4) is 0 Å². The van der Waals surface area contributed by atoms with Gasteiger partial charge in [0.15, 0.2) is 0 Å². The van der Waals surface area contributed by atoms with Gasteiger partial charge >= 0.3 is 0 Å². The van der Waals surface area contributed by atoms with E-state index in [-0.39, 0.29) is 12.1 Å². The molecule has 0 aromatic carbocycles. The molecule has 0 bridgehead atoms. The van der Waals surface area contributed by atoms with Crippen LogP contribution in [0.4, 0.5) is 0 Å². The number of rotatable bonds is 7. The zero-order valence-corrected chi connectivity index (χ0v) is 11.9. The molecular weight excluding hydrogens is 234 g/mol. The zero-order chi connectivity index (χ0) is 12.8. The van der Waals surface area contributed by atoms with E-state index in [4.69, 9.17) is 10.6 Å². The monoisotopic (exact) mass is 257 g/mol. The fourth-order valence-corrected chi connectivity index (χ4v) is 2.87. The quantitative estimate of drug-likeness (QED) is 0.579. The van der Waals surface area contributed by atoms with Crippen molar-refractivity contribution in [3.63, 3.8) is 0 Å². The van der Waals surface area contributed by atoms with E-state index in [0.29, 0.717) is 0 Å². The van der Waals surface area contributed by atoms with Gasteiger partial charge in [-0.1, -0.05) is 13.3 Å². The maximum Gasteiger partial charge on any atom is 0.0947 e. The average Bonchev–Trinajstić information content (AvgIpc) is 2.63. The highest BCUT2D eigenvalue weighted by molar-refractivity contribution is 7.11. The third-order valence-electron chi connectivity index (χ3n) is 3.01. The fraction of sp³-hybridized carbons (Fsp3) is 0.750. The molecule has 1 aromatic rings. The van der Waals surface area contributed by atoms with E-state index in [1.54, 1.807) is 18.4 Å². The van der Waals surface area contributed by atoms with Gasteiger partial charge < -0.3 is 4.74 Å². The second-order valence-corrected chi connectivity index (χ2v) is 5.58. The Balaban J connectivity index is 2.68. The number of nitrogens with zero attached hydrogens (tertiary/aromatic N) is 1. The van der Waals surface area contributed by atoms with Crippen LogP contribution < -0.4 is 11.3 Å². The Bertz CT molecular complexity index is 321. The summed E-state index contributed by atoms with van der Waals surface area (Å²) in [6.45, 7) is 6.29. The summed E-state index contributed by atoms with van der Waals surface area (Å²) in [5.74, 6) is 5.62. The number of hydrogen-bond acceptors (Lipinski definition) is 5. The highest BCUT2D eigenvalue weighted by Gasteiger charge is 2.21. The molecule has 17 heavy (non-hydrogen) atoms. The number of hydrogen-bond donors (Lipinski definition) is 2. The summed E-state index contributed by atoms with van der Waals surface area (Å²) in [6.07, 6.45) is 3.07. The van der Waals surface area contributed by atoms with E-state index in [1.165, 1.54) is 4.88 Å². The molecule has 98 valence electrons. The van der Waals surface area contributed by atoms with E-state index in [9.17, 15) is 0 Å². The summed E-state index contributed by atoms with van der Waals surface area (Å²) in [5.41, 5.74) is 3.97. The van der Waals surface area contributed by atoms with Crippen molar-refractivity contribution in [2.24, 2.45) is 5.84 Å². The molecular formula is C12H23N3OS. The largest absolute Gasteiger partial charge is 0.380 e. The van der Waals surface area contributed by atoms with Crippen molar-refractivity contribution >= 4 is 11.3 Å². The first-order valence-electron chi connectivity index (χ1n) is 6.04. The van der Waals surface area contributed by atoms with Crippen molar-refractivity contribution in [1.29, 1.82) is 0 Å². The van der Waals surface area contributed by atoms with Gasteiger partial charge in [-0.15, -0.1) is 11.3 Å². The molecule has 0 aliphatic carbocycles. The van der Waals surface area contributed by atoms with Crippen LogP contribution in [0.25, 0.3) is 0 Å². The van der Waals surface area contributed by atoms with E-state index in [1.807, 2.05) is 6.92 Å². The summed E-state index contributed by atoms with van der Waals surface area (Å²) in [5, 5.41) is 1.13. The maximum atomic E-state index is 5.62. The highest BCUT2D eigenvalue weighted by atomic mass is 32.1. The summed E-state index contributed by atoms with van der Waals surface area (Å²) >= 11 is 1.74. The van der Waals surface area contributed by atoms with Crippen LogP contribution >= 0.6 is 11.3 Å². The second-order valence-electron chi connectivity index (χ2n) is 4.29. The van der Waals surface area contributed by atoms with Gasteiger partial charge in [0.1, 0.15) is 0 Å². The van der Waals surface area contributed by atoms with E-state index >= 15 is 0 Å². The average molecular weight is 257 g/mol. The van der Waals surface area contributed by atoms with Gasteiger partial charge in [0.25, 0.3) is 0 Å². The van der Waals surface area contributed by atoms with Crippen molar-refractivity contribution in [2.45, 2.75) is 52.2 Å². The van der Waals surface area contributed by atoms with Crippen LogP contribution in [0.2, 0.25) is 0 Å². The van der Waals surface area contributed by atoms with Crippen LogP contribution in [0, 0.1) is 13.8 Å². The molecule has 1 aromatic heterocycles. The number of hydrazine groups is 1. The molecule has 0 fully saturated rings. The molecule has 2 unspecified atom stereocenters. The number of aryl methyl sites for hydroxylation is 2. The van der Waals surface area contributed by atoms with Gasteiger partial charge in [-0.2, -0.15) is 0 Å². The van der Waals surface area contributed by atoms with Crippen molar-refractivity contribution in [1.82, 2.24) is 10.4 Å². The molecule has 4 nitrogen and oxygen atoms in total. The summed E-state index contributed by atoms with van der Waals surface area (Å²) in [6, 6.07) is 0.130. The van der Waals surface area contributed by atoms with Crippen LogP contribution in [0.15, 0.2) is 0 Å². The molecule has 1 rings (SSSR count). The predicted octanol–water partition coefficient (Wildman–Crippen LogP) is 1.95. The molecule has 0 spiro atoms. The summed E-state index contributed by atoms with van der Waals surface area (Å²) in [4.78, 5) is 5.82. The molecule has 0 saturated carbocycles. The lowest BCUT2D eigenvalue weighted by atomic mass is 10.0. The lowest BCUT2D eigenvalue weighted by Gasteiger charge is -2.24. The first-order chi connectivity index (χ1) is 8.12. The van der Waals surface area contributed by atoms with Gasteiger partial charge in [-0.05, 0) is 20.3 Å². The first kappa shape index (κ1) is 14.6. The molecule has 1 heterocycles. The topological polar surface area (TPSA) is 60.2 Å². The predicted molar refractivity (Wildman–Crippen MR) is 72.1 cm³/mol. The number of aromatic nitrogens is 1. The van der Waals surface area contributed by atoms with Gasteiger partial charge in [-0.25, -0.2) is 4.98 Å². The van der Waals surface area contributed by atoms with Crippen molar-refractivity contribution in [3.8, 4) is 0 Å². The highest BCUT2D eigenvalue weighted by Crippen LogP contribution is 2.19. The van der Waals surface area contributed by atoms with Crippen LogP contribution in [-0.4, -0.2) is 24.2 Å². The summed E-state index contributed by atoms with van der Waals surface area (Å²) < 4.78 is 5.49. The number of nitrogens with two attached hydrogens (primary N) is 1. The van der Waals surface area contributed by atoms with E-state index in [0.717, 1.165) is 30.0 Å². The molecule has 0 saturated heterocycles. The minimum Gasteiger partial charge on any atom is -0.380 e. The van der Waals surface area contributed by atoms with Crippen LogP contribution in [0.1, 0.15) is 35.3 Å². The van der Waals surface area contributed by atoms with Crippen LogP contribution in [0.5, 0.6) is 0 Å². The third-order valence-corrected chi connectivity index (χ3v) is 4.10. The number of thiazole rings is 1. The minimum absolute atomic E-state index is 0.130. The maximum absolute atomic E-state index is 5.62. The Kier molecular flexibility index (Phi) is 6.05. The normalized spacial score (nSPS) is 14.9. The van der Waals surface area contributed by atoms with E-state index < -0.39 is 0 Å². The Hall–Kier alpha value is -0.490. The number of nitrogens with one attached hydrogen (secondary N) is 1.